The second-order valence-corrected chi connectivity index (χ2v) is 11.1. The molecule has 2 aliphatic heterocycles. The number of aliphatic carboxylic acids is 1. The van der Waals surface area contributed by atoms with E-state index in [4.69, 9.17) is 26.8 Å². The van der Waals surface area contributed by atoms with Crippen LogP contribution in [0.3, 0.4) is 0 Å². The number of rotatable bonds is 12. The molecule has 0 aromatic heterocycles. The second-order valence-electron chi connectivity index (χ2n) is 8.53. The fourth-order valence-corrected chi connectivity index (χ4v) is 5.89. The Bertz CT molecular complexity index is 1030. The highest BCUT2D eigenvalue weighted by molar-refractivity contribution is 9.10. The van der Waals surface area contributed by atoms with Crippen LogP contribution in [0.5, 0.6) is 11.5 Å². The van der Waals surface area contributed by atoms with Crippen molar-refractivity contribution in [3.63, 3.8) is 0 Å². The molecule has 11 heteroatoms. The molecule has 0 atom stereocenters. The SMILES string of the molecule is CCOc1cc(/C=C2/SC(=S)N(CCCCCC(=O)O)C2=O)cc(Br)c1OCC(=O)N1CCCCC1. The van der Waals surface area contributed by atoms with Crippen LogP contribution in [0.25, 0.3) is 6.08 Å². The van der Waals surface area contributed by atoms with E-state index >= 15 is 0 Å². The summed E-state index contributed by atoms with van der Waals surface area (Å²) in [6.45, 7) is 4.21. The van der Waals surface area contributed by atoms with Crippen LogP contribution in [0.1, 0.15) is 57.4 Å². The van der Waals surface area contributed by atoms with Crippen LogP contribution >= 0.6 is 39.9 Å². The van der Waals surface area contributed by atoms with E-state index in [1.807, 2.05) is 17.9 Å². The lowest BCUT2D eigenvalue weighted by atomic mass is 10.1. The van der Waals surface area contributed by atoms with Gasteiger partial charge in [0, 0.05) is 26.1 Å². The topological polar surface area (TPSA) is 96.4 Å². The minimum atomic E-state index is -0.814. The Balaban J connectivity index is 1.67. The van der Waals surface area contributed by atoms with Gasteiger partial charge < -0.3 is 19.5 Å². The summed E-state index contributed by atoms with van der Waals surface area (Å²) in [7, 11) is 0. The van der Waals surface area contributed by atoms with Crippen molar-refractivity contribution < 1.29 is 29.0 Å². The van der Waals surface area contributed by atoms with E-state index in [0.29, 0.717) is 51.2 Å². The maximum atomic E-state index is 12.9. The molecule has 1 aromatic carbocycles. The number of unbranched alkanes of at least 4 members (excludes halogenated alkanes) is 2. The molecular formula is C25H31BrN2O6S2. The predicted molar refractivity (Wildman–Crippen MR) is 147 cm³/mol. The molecule has 2 fully saturated rings. The predicted octanol–water partition coefficient (Wildman–Crippen LogP) is 5.09. The van der Waals surface area contributed by atoms with Crippen LogP contribution in [0.4, 0.5) is 0 Å². The monoisotopic (exact) mass is 598 g/mol. The number of thioether (sulfide) groups is 1. The summed E-state index contributed by atoms with van der Waals surface area (Å²) in [5, 5.41) is 8.75. The molecule has 1 N–H and O–H groups in total. The average molecular weight is 600 g/mol. The normalized spacial score (nSPS) is 17.1. The van der Waals surface area contributed by atoms with Crippen LogP contribution in [0.15, 0.2) is 21.5 Å². The summed E-state index contributed by atoms with van der Waals surface area (Å²) < 4.78 is 12.8. The first kappa shape index (κ1) is 28.5. The molecule has 2 aliphatic rings. The molecule has 3 rings (SSSR count). The molecule has 8 nitrogen and oxygen atoms in total. The quantitative estimate of drug-likeness (QED) is 0.202. The summed E-state index contributed by atoms with van der Waals surface area (Å²) >= 11 is 10.2. The number of carbonyl (C=O) groups is 3. The van der Waals surface area contributed by atoms with Crippen LogP contribution in [0.2, 0.25) is 0 Å². The van der Waals surface area contributed by atoms with Gasteiger partial charge in [-0.05, 0) is 78.7 Å². The maximum Gasteiger partial charge on any atom is 0.303 e. The molecule has 0 saturated carbocycles. The largest absolute Gasteiger partial charge is 0.490 e. The first-order chi connectivity index (χ1) is 17.3. The molecule has 2 amide bonds. The van der Waals surface area contributed by atoms with E-state index in [1.54, 1.807) is 17.0 Å². The van der Waals surface area contributed by atoms with E-state index in [9.17, 15) is 14.4 Å². The molecule has 0 aliphatic carbocycles. The van der Waals surface area contributed by atoms with Gasteiger partial charge in [0.1, 0.15) is 4.32 Å². The molecule has 1 aromatic rings. The Kier molecular flexibility index (Phi) is 11.1. The van der Waals surface area contributed by atoms with E-state index in [1.165, 1.54) is 11.8 Å². The van der Waals surface area contributed by atoms with Gasteiger partial charge in [-0.25, -0.2) is 0 Å². The van der Waals surface area contributed by atoms with Gasteiger partial charge in [0.05, 0.1) is 16.0 Å². The van der Waals surface area contributed by atoms with Crippen molar-refractivity contribution in [3.05, 3.63) is 27.1 Å². The summed E-state index contributed by atoms with van der Waals surface area (Å²) in [4.78, 5) is 40.0. The Hall–Kier alpha value is -2.11. The standard InChI is InChI=1S/C25H31BrN2O6S2/c1-2-33-19-14-17(13-18(26)23(19)34-16-21(29)27-10-6-4-7-11-27)15-20-24(32)28(25(35)36-20)12-8-3-5-9-22(30)31/h13-15H,2-12,16H2,1H3,(H,30,31)/b20-15+. The molecule has 0 radical (unpaired) electrons. The van der Waals surface area contributed by atoms with Gasteiger partial charge in [-0.1, -0.05) is 30.4 Å². The number of carboxylic acid groups (broad SMARTS) is 1. The van der Waals surface area contributed by atoms with E-state index in [0.717, 1.165) is 44.3 Å². The van der Waals surface area contributed by atoms with Crippen molar-refractivity contribution >= 4 is 68.1 Å². The highest BCUT2D eigenvalue weighted by atomic mass is 79.9. The Morgan fingerprint density at radius 3 is 2.61 bits per heavy atom. The van der Waals surface area contributed by atoms with Crippen LogP contribution < -0.4 is 9.47 Å². The summed E-state index contributed by atoms with van der Waals surface area (Å²) in [6.07, 6.45) is 7.06. The fraction of sp³-hybridized carbons (Fsp3) is 0.520. The first-order valence-corrected chi connectivity index (χ1v) is 14.2. The number of carbonyl (C=O) groups excluding carboxylic acids is 2. The molecule has 0 bridgehead atoms. The maximum absolute atomic E-state index is 12.9. The van der Waals surface area contributed by atoms with Gasteiger partial charge in [-0.15, -0.1) is 0 Å². The molecule has 2 saturated heterocycles. The summed E-state index contributed by atoms with van der Waals surface area (Å²) in [5.41, 5.74) is 0.738. The molecule has 36 heavy (non-hydrogen) atoms. The number of nitrogens with zero attached hydrogens (tertiary/aromatic N) is 2. The number of halogens is 1. The Morgan fingerprint density at radius 2 is 1.92 bits per heavy atom. The highest BCUT2D eigenvalue weighted by Gasteiger charge is 2.31. The van der Waals surface area contributed by atoms with Crippen molar-refractivity contribution in [2.75, 3.05) is 32.8 Å². The Morgan fingerprint density at radius 1 is 1.17 bits per heavy atom. The highest BCUT2D eigenvalue weighted by Crippen LogP contribution is 2.39. The van der Waals surface area contributed by atoms with Gasteiger partial charge in [-0.2, -0.15) is 0 Å². The summed E-state index contributed by atoms with van der Waals surface area (Å²) in [5.74, 6) is -0.0811. The molecule has 2 heterocycles. The van der Waals surface area contributed by atoms with Gasteiger partial charge in [0.25, 0.3) is 11.8 Å². The van der Waals surface area contributed by atoms with Crippen molar-refractivity contribution in [1.82, 2.24) is 9.80 Å². The molecular weight excluding hydrogens is 568 g/mol. The first-order valence-electron chi connectivity index (χ1n) is 12.1. The van der Waals surface area contributed by atoms with E-state index < -0.39 is 5.97 Å². The third kappa shape index (κ3) is 7.94. The van der Waals surface area contributed by atoms with Crippen LogP contribution in [-0.2, 0) is 14.4 Å². The molecule has 196 valence electrons. The van der Waals surface area contributed by atoms with Crippen molar-refractivity contribution in [2.45, 2.75) is 51.9 Å². The number of benzene rings is 1. The minimum Gasteiger partial charge on any atom is -0.490 e. The molecule has 0 spiro atoms. The Labute approximate surface area is 229 Å². The number of piperidine rings is 1. The van der Waals surface area contributed by atoms with E-state index in [2.05, 4.69) is 15.9 Å². The van der Waals surface area contributed by atoms with Gasteiger partial charge >= 0.3 is 5.97 Å². The van der Waals surface area contributed by atoms with Crippen molar-refractivity contribution in [3.8, 4) is 11.5 Å². The lowest BCUT2D eigenvalue weighted by Crippen LogP contribution is -2.38. The number of amides is 2. The van der Waals surface area contributed by atoms with Gasteiger partial charge in [0.2, 0.25) is 0 Å². The number of hydrogen-bond acceptors (Lipinski definition) is 7. The van der Waals surface area contributed by atoms with Crippen molar-refractivity contribution in [2.24, 2.45) is 0 Å². The van der Waals surface area contributed by atoms with Crippen LogP contribution in [-0.4, -0.2) is 69.9 Å². The lowest BCUT2D eigenvalue weighted by molar-refractivity contribution is -0.137. The zero-order valence-electron chi connectivity index (χ0n) is 20.3. The number of ether oxygens (including phenoxy) is 2. The number of thiocarbonyl (C=S) groups is 1. The van der Waals surface area contributed by atoms with E-state index in [-0.39, 0.29) is 24.8 Å². The minimum absolute atomic E-state index is 0.0419. The number of carboxylic acids is 1. The zero-order valence-corrected chi connectivity index (χ0v) is 23.5. The number of likely N-dealkylation sites (tertiary alicyclic amines) is 1. The zero-order chi connectivity index (χ0) is 26.1. The molecule has 0 unspecified atom stereocenters. The van der Waals surface area contributed by atoms with Gasteiger partial charge in [-0.3, -0.25) is 19.3 Å². The average Bonchev–Trinajstić information content (AvgIpc) is 3.11. The van der Waals surface area contributed by atoms with Gasteiger partial charge in [0.15, 0.2) is 18.1 Å². The fourth-order valence-electron chi connectivity index (χ4n) is 4.01. The third-order valence-corrected chi connectivity index (χ3v) is 7.79. The van der Waals surface area contributed by atoms with Crippen LogP contribution in [0, 0.1) is 0 Å². The summed E-state index contributed by atoms with van der Waals surface area (Å²) in [6, 6.07) is 3.61. The second kappa shape index (κ2) is 14.0. The van der Waals surface area contributed by atoms with Crippen molar-refractivity contribution in [1.29, 1.82) is 0 Å². The lowest BCUT2D eigenvalue weighted by Gasteiger charge is -2.26. The number of hydrogen-bond donors (Lipinski definition) is 1. The smallest absolute Gasteiger partial charge is 0.303 e. The third-order valence-electron chi connectivity index (χ3n) is 5.82.